The first-order valence-electron chi connectivity index (χ1n) is 9.76. The van der Waals surface area contributed by atoms with Gasteiger partial charge in [-0.25, -0.2) is 0 Å². The highest BCUT2D eigenvalue weighted by molar-refractivity contribution is 5.91. The van der Waals surface area contributed by atoms with Gasteiger partial charge in [0.2, 0.25) is 0 Å². The van der Waals surface area contributed by atoms with E-state index in [-0.39, 0.29) is 17.9 Å². The summed E-state index contributed by atoms with van der Waals surface area (Å²) in [6, 6.07) is 15.5. The van der Waals surface area contributed by atoms with Crippen molar-refractivity contribution in [2.45, 2.75) is 31.9 Å². The summed E-state index contributed by atoms with van der Waals surface area (Å²) < 4.78 is 7.48. The van der Waals surface area contributed by atoms with Gasteiger partial charge in [-0.3, -0.25) is 9.48 Å². The minimum absolute atomic E-state index is 0.0808. The molecule has 2 aromatic heterocycles. The Morgan fingerprint density at radius 2 is 1.93 bits per heavy atom. The van der Waals surface area contributed by atoms with E-state index in [2.05, 4.69) is 5.10 Å². The number of hydrogen-bond acceptors (Lipinski definition) is 4. The molecule has 3 heterocycles. The number of nitrogens with zero attached hydrogens (tertiary/aromatic N) is 3. The molecule has 1 saturated heterocycles. The number of piperidine rings is 1. The van der Waals surface area contributed by atoms with Crippen molar-refractivity contribution in [1.29, 1.82) is 0 Å². The highest BCUT2D eigenvalue weighted by Gasteiger charge is 2.29. The molecule has 1 aliphatic rings. The summed E-state index contributed by atoms with van der Waals surface area (Å²) in [7, 11) is 0. The van der Waals surface area contributed by atoms with Crippen LogP contribution in [-0.4, -0.2) is 44.9 Å². The molecule has 0 radical (unpaired) electrons. The summed E-state index contributed by atoms with van der Waals surface area (Å²) in [4.78, 5) is 14.6. The molecule has 1 aliphatic heterocycles. The summed E-state index contributed by atoms with van der Waals surface area (Å²) in [6.45, 7) is 1.79. The van der Waals surface area contributed by atoms with E-state index in [1.165, 1.54) is 0 Å². The Hall–Kier alpha value is -2.86. The zero-order chi connectivity index (χ0) is 19.3. The fourth-order valence-corrected chi connectivity index (χ4v) is 3.80. The number of furan rings is 1. The van der Waals surface area contributed by atoms with Crippen molar-refractivity contribution in [3.63, 3.8) is 0 Å². The number of benzene rings is 1. The fraction of sp³-hybridized carbons (Fsp3) is 0.364. The second-order valence-electron chi connectivity index (χ2n) is 7.36. The van der Waals surface area contributed by atoms with E-state index < -0.39 is 0 Å². The maximum atomic E-state index is 12.7. The van der Waals surface area contributed by atoms with Crippen LogP contribution in [0.5, 0.6) is 0 Å². The molecule has 146 valence electrons. The van der Waals surface area contributed by atoms with Gasteiger partial charge in [0.1, 0.15) is 5.76 Å². The van der Waals surface area contributed by atoms with E-state index in [1.54, 1.807) is 16.9 Å². The predicted molar refractivity (Wildman–Crippen MR) is 105 cm³/mol. The Kier molecular flexibility index (Phi) is 5.58. The Morgan fingerprint density at radius 3 is 2.64 bits per heavy atom. The van der Waals surface area contributed by atoms with E-state index in [0.717, 1.165) is 18.4 Å². The second kappa shape index (κ2) is 8.44. The summed E-state index contributed by atoms with van der Waals surface area (Å²) in [5.41, 5.74) is 1.15. The molecule has 0 unspecified atom stereocenters. The molecular formula is C22H25N3O3. The van der Waals surface area contributed by atoms with Crippen LogP contribution in [0, 0.1) is 5.92 Å². The van der Waals surface area contributed by atoms with Crippen molar-refractivity contribution in [1.82, 2.24) is 14.7 Å². The molecule has 0 aliphatic carbocycles. The maximum absolute atomic E-state index is 12.7. The maximum Gasteiger partial charge on any atom is 0.289 e. The lowest BCUT2D eigenvalue weighted by molar-refractivity contribution is 0.0446. The lowest BCUT2D eigenvalue weighted by atomic mass is 9.88. The molecule has 28 heavy (non-hydrogen) atoms. The van der Waals surface area contributed by atoms with E-state index >= 15 is 0 Å². The summed E-state index contributed by atoms with van der Waals surface area (Å²) in [5, 5.41) is 14.7. The van der Waals surface area contributed by atoms with Crippen LogP contribution in [0.15, 0.2) is 65.3 Å². The minimum Gasteiger partial charge on any atom is -0.454 e. The lowest BCUT2D eigenvalue weighted by Crippen LogP contribution is -2.41. The number of aliphatic hydroxyl groups excluding tert-OH is 1. The molecule has 1 fully saturated rings. The van der Waals surface area contributed by atoms with Crippen molar-refractivity contribution in [2.24, 2.45) is 5.92 Å². The van der Waals surface area contributed by atoms with Crippen LogP contribution < -0.4 is 0 Å². The number of hydrogen-bond donors (Lipinski definition) is 1. The monoisotopic (exact) mass is 379 g/mol. The van der Waals surface area contributed by atoms with E-state index in [1.807, 2.05) is 53.6 Å². The topological polar surface area (TPSA) is 71.5 Å². The van der Waals surface area contributed by atoms with E-state index in [4.69, 9.17) is 4.42 Å². The van der Waals surface area contributed by atoms with Gasteiger partial charge in [0.05, 0.1) is 12.6 Å². The van der Waals surface area contributed by atoms with Crippen molar-refractivity contribution in [3.8, 4) is 0 Å². The Labute approximate surface area is 164 Å². The number of amides is 1. The largest absolute Gasteiger partial charge is 0.454 e. The summed E-state index contributed by atoms with van der Waals surface area (Å²) in [6.07, 6.45) is 5.47. The van der Waals surface area contributed by atoms with Gasteiger partial charge in [0, 0.05) is 25.5 Å². The Bertz CT molecular complexity index is 881. The second-order valence-corrected chi connectivity index (χ2v) is 7.36. The van der Waals surface area contributed by atoms with Gasteiger partial charge >= 0.3 is 0 Å². The quantitative estimate of drug-likeness (QED) is 0.715. The molecule has 1 atom stereocenters. The third kappa shape index (κ3) is 4.34. The molecule has 0 saturated carbocycles. The van der Waals surface area contributed by atoms with Crippen LogP contribution >= 0.6 is 0 Å². The minimum atomic E-state index is -0.371. The van der Waals surface area contributed by atoms with Crippen LogP contribution in [0.25, 0.3) is 0 Å². The Balaban J connectivity index is 1.30. The molecule has 1 N–H and O–H groups in total. The van der Waals surface area contributed by atoms with E-state index in [0.29, 0.717) is 37.6 Å². The van der Waals surface area contributed by atoms with Gasteiger partial charge in [-0.15, -0.1) is 0 Å². The average Bonchev–Trinajstić information content (AvgIpc) is 3.41. The van der Waals surface area contributed by atoms with Crippen LogP contribution in [0.1, 0.15) is 34.7 Å². The van der Waals surface area contributed by atoms with Gasteiger partial charge in [0.25, 0.3) is 5.91 Å². The number of carbonyl (C=O) groups is 1. The van der Waals surface area contributed by atoms with Crippen molar-refractivity contribution in [2.75, 3.05) is 13.1 Å². The molecule has 1 amide bonds. The number of carbonyl (C=O) groups excluding carboxylic acids is 1. The van der Waals surface area contributed by atoms with Crippen molar-refractivity contribution >= 4 is 5.91 Å². The number of rotatable bonds is 6. The standard InChI is InChI=1S/C22H25N3O3/c26-20(15-17-5-2-1-3-6-17)18-9-13-24(14-10-18)22(27)21-8-7-19(28-21)16-25-12-4-11-23-25/h1-8,11-12,18,20,26H,9-10,13-16H2/t20-/m0/s1. The third-order valence-electron chi connectivity index (χ3n) is 5.41. The zero-order valence-electron chi connectivity index (χ0n) is 15.8. The highest BCUT2D eigenvalue weighted by Crippen LogP contribution is 2.24. The molecule has 3 aromatic rings. The number of aromatic nitrogens is 2. The molecular weight excluding hydrogens is 354 g/mol. The smallest absolute Gasteiger partial charge is 0.289 e. The van der Waals surface area contributed by atoms with Crippen LogP contribution in [0.2, 0.25) is 0 Å². The fourth-order valence-electron chi connectivity index (χ4n) is 3.80. The Morgan fingerprint density at radius 1 is 1.14 bits per heavy atom. The van der Waals surface area contributed by atoms with E-state index in [9.17, 15) is 9.90 Å². The normalized spacial score (nSPS) is 16.2. The van der Waals surface area contributed by atoms with Gasteiger partial charge in [0.15, 0.2) is 5.76 Å². The van der Waals surface area contributed by atoms with Gasteiger partial charge in [-0.2, -0.15) is 5.10 Å². The predicted octanol–water partition coefficient (Wildman–Crippen LogP) is 2.98. The first-order valence-corrected chi connectivity index (χ1v) is 9.76. The van der Waals surface area contributed by atoms with Gasteiger partial charge in [-0.1, -0.05) is 30.3 Å². The summed E-state index contributed by atoms with van der Waals surface area (Å²) >= 11 is 0. The highest BCUT2D eigenvalue weighted by atomic mass is 16.4. The molecule has 4 rings (SSSR count). The molecule has 6 heteroatoms. The molecule has 1 aromatic carbocycles. The summed E-state index contributed by atoms with van der Waals surface area (Å²) in [5.74, 6) is 1.21. The first kappa shape index (κ1) is 18.5. The van der Waals surface area contributed by atoms with Crippen LogP contribution in [0.4, 0.5) is 0 Å². The van der Waals surface area contributed by atoms with Gasteiger partial charge < -0.3 is 14.4 Å². The molecule has 0 spiro atoms. The average molecular weight is 379 g/mol. The third-order valence-corrected chi connectivity index (χ3v) is 5.41. The van der Waals surface area contributed by atoms with Crippen molar-refractivity contribution < 1.29 is 14.3 Å². The number of aliphatic hydroxyl groups is 1. The van der Waals surface area contributed by atoms with Crippen LogP contribution in [0.3, 0.4) is 0 Å². The lowest BCUT2D eigenvalue weighted by Gasteiger charge is -2.34. The SMILES string of the molecule is O=C(c1ccc(Cn2cccn2)o1)N1CCC([C@@H](O)Cc2ccccc2)CC1. The first-order chi connectivity index (χ1) is 13.7. The molecule has 6 nitrogen and oxygen atoms in total. The van der Waals surface area contributed by atoms with Crippen LogP contribution in [-0.2, 0) is 13.0 Å². The van der Waals surface area contributed by atoms with Gasteiger partial charge in [-0.05, 0) is 48.9 Å². The number of likely N-dealkylation sites (tertiary alicyclic amines) is 1. The molecule has 0 bridgehead atoms. The van der Waals surface area contributed by atoms with Crippen molar-refractivity contribution in [3.05, 3.63) is 78.0 Å². The zero-order valence-corrected chi connectivity index (χ0v) is 15.8.